The summed E-state index contributed by atoms with van der Waals surface area (Å²) in [6.45, 7) is 3.02. The summed E-state index contributed by atoms with van der Waals surface area (Å²) in [7, 11) is 0. The van der Waals surface area contributed by atoms with Crippen LogP contribution in [0.2, 0.25) is 0 Å². The molecule has 6 heteroatoms. The molecule has 0 aliphatic rings. The first kappa shape index (κ1) is 18.3. The zero-order valence-corrected chi connectivity index (χ0v) is 14.1. The van der Waals surface area contributed by atoms with Gasteiger partial charge in [-0.1, -0.05) is 35.4 Å². The molecule has 0 radical (unpaired) electrons. The van der Waals surface area contributed by atoms with E-state index in [4.69, 9.17) is 19.7 Å². The van der Waals surface area contributed by atoms with Crippen molar-refractivity contribution in [1.29, 1.82) is 0 Å². The van der Waals surface area contributed by atoms with Gasteiger partial charge in [0.05, 0.1) is 0 Å². The van der Waals surface area contributed by atoms with Crippen LogP contribution in [0.3, 0.4) is 0 Å². The molecular weight excluding hydrogens is 324 g/mol. The summed E-state index contributed by atoms with van der Waals surface area (Å²) < 4.78 is 10.7. The van der Waals surface area contributed by atoms with E-state index in [0.717, 1.165) is 22.3 Å². The zero-order chi connectivity index (χ0) is 18.4. The van der Waals surface area contributed by atoms with Crippen molar-refractivity contribution in [3.63, 3.8) is 0 Å². The normalized spacial score (nSPS) is 10.3. The van der Waals surface area contributed by atoms with Crippen molar-refractivity contribution in [2.45, 2.75) is 20.3 Å². The second kappa shape index (κ2) is 8.19. The quantitative estimate of drug-likeness (QED) is 0.765. The molecule has 0 unspecified atom stereocenters. The fourth-order valence-corrected chi connectivity index (χ4v) is 2.46. The van der Waals surface area contributed by atoms with Gasteiger partial charge in [0.25, 0.3) is 0 Å². The Bertz CT molecular complexity index is 716. The van der Waals surface area contributed by atoms with Crippen molar-refractivity contribution in [2.75, 3.05) is 13.2 Å². The smallest absolute Gasteiger partial charge is 0.341 e. The molecule has 0 bridgehead atoms. The van der Waals surface area contributed by atoms with Crippen LogP contribution in [-0.2, 0) is 16.0 Å². The number of aliphatic carboxylic acids is 2. The Labute approximate surface area is 145 Å². The van der Waals surface area contributed by atoms with Crippen LogP contribution in [-0.4, -0.2) is 35.4 Å². The van der Waals surface area contributed by atoms with Crippen LogP contribution in [0.5, 0.6) is 11.5 Å². The van der Waals surface area contributed by atoms with Crippen LogP contribution in [0.4, 0.5) is 0 Å². The van der Waals surface area contributed by atoms with Crippen molar-refractivity contribution in [3.8, 4) is 11.5 Å². The second-order valence-electron chi connectivity index (χ2n) is 5.76. The Morgan fingerprint density at radius 3 is 1.56 bits per heavy atom. The SMILES string of the molecule is Cc1ccc(OCC(=O)O)c(Cc2cc(C)ccc2OCC(=O)O)c1. The first-order chi connectivity index (χ1) is 11.8. The predicted octanol–water partition coefficient (Wildman–Crippen LogP) is 2.82. The molecule has 0 spiro atoms. The standard InChI is InChI=1S/C19H20O6/c1-12-3-5-16(24-10-18(20)21)14(7-12)9-15-8-13(2)4-6-17(15)25-11-19(22)23/h3-8H,9-11H2,1-2H3,(H,20,21)(H,22,23). The number of carboxylic acids is 2. The monoisotopic (exact) mass is 344 g/mol. The maximum Gasteiger partial charge on any atom is 0.341 e. The third kappa shape index (κ3) is 5.53. The number of carbonyl (C=O) groups is 2. The maximum atomic E-state index is 10.8. The average Bonchev–Trinajstić information content (AvgIpc) is 2.53. The van der Waals surface area contributed by atoms with Crippen molar-refractivity contribution >= 4 is 11.9 Å². The van der Waals surface area contributed by atoms with Gasteiger partial charge in [-0.2, -0.15) is 0 Å². The zero-order valence-electron chi connectivity index (χ0n) is 14.1. The Balaban J connectivity index is 2.31. The van der Waals surface area contributed by atoms with Crippen LogP contribution in [0.1, 0.15) is 22.3 Å². The lowest BCUT2D eigenvalue weighted by molar-refractivity contribution is -0.140. The molecule has 0 saturated carbocycles. The molecule has 0 saturated heterocycles. The molecule has 6 nitrogen and oxygen atoms in total. The van der Waals surface area contributed by atoms with Gasteiger partial charge < -0.3 is 19.7 Å². The third-order valence-electron chi connectivity index (χ3n) is 3.52. The van der Waals surface area contributed by atoms with Crippen LogP contribution >= 0.6 is 0 Å². The van der Waals surface area contributed by atoms with E-state index in [1.54, 1.807) is 12.1 Å². The number of ether oxygens (including phenoxy) is 2. The van der Waals surface area contributed by atoms with Gasteiger partial charge in [-0.3, -0.25) is 0 Å². The largest absolute Gasteiger partial charge is 0.482 e. The van der Waals surface area contributed by atoms with Crippen LogP contribution in [0, 0.1) is 13.8 Å². The summed E-state index contributed by atoms with van der Waals surface area (Å²) in [5, 5.41) is 17.6. The molecule has 0 amide bonds. The van der Waals surface area contributed by atoms with E-state index in [1.165, 1.54) is 0 Å². The van der Waals surface area contributed by atoms with Crippen molar-refractivity contribution in [3.05, 3.63) is 58.7 Å². The summed E-state index contributed by atoms with van der Waals surface area (Å²) in [5.41, 5.74) is 3.65. The first-order valence-corrected chi connectivity index (χ1v) is 7.73. The fourth-order valence-electron chi connectivity index (χ4n) is 2.46. The number of benzene rings is 2. The van der Waals surface area contributed by atoms with Gasteiger partial charge in [-0.05, 0) is 37.1 Å². The highest BCUT2D eigenvalue weighted by molar-refractivity contribution is 5.69. The molecule has 2 aromatic carbocycles. The van der Waals surface area contributed by atoms with E-state index < -0.39 is 25.2 Å². The molecule has 25 heavy (non-hydrogen) atoms. The van der Waals surface area contributed by atoms with Gasteiger partial charge >= 0.3 is 11.9 Å². The van der Waals surface area contributed by atoms with E-state index in [1.807, 2.05) is 38.1 Å². The number of hydrogen-bond acceptors (Lipinski definition) is 4. The van der Waals surface area contributed by atoms with Crippen molar-refractivity contribution in [2.24, 2.45) is 0 Å². The fraction of sp³-hybridized carbons (Fsp3) is 0.263. The Kier molecular flexibility index (Phi) is 6.00. The molecule has 0 atom stereocenters. The van der Waals surface area contributed by atoms with E-state index in [9.17, 15) is 9.59 Å². The second-order valence-corrected chi connectivity index (χ2v) is 5.76. The summed E-state index contributed by atoms with van der Waals surface area (Å²) in [6, 6.07) is 11.0. The van der Waals surface area contributed by atoms with Gasteiger partial charge in [-0.15, -0.1) is 0 Å². The minimum absolute atomic E-state index is 0.424. The molecule has 0 heterocycles. The van der Waals surface area contributed by atoms with Gasteiger partial charge in [0.15, 0.2) is 13.2 Å². The molecule has 2 aromatic rings. The lowest BCUT2D eigenvalue weighted by atomic mass is 10.00. The topological polar surface area (TPSA) is 93.1 Å². The molecule has 2 rings (SSSR count). The Morgan fingerprint density at radius 2 is 1.20 bits per heavy atom. The number of carboxylic acid groups (broad SMARTS) is 2. The number of aryl methyl sites for hydroxylation is 2. The maximum absolute atomic E-state index is 10.8. The molecule has 0 aliphatic carbocycles. The number of rotatable bonds is 8. The molecular formula is C19H20O6. The summed E-state index contributed by atoms with van der Waals surface area (Å²) >= 11 is 0. The van der Waals surface area contributed by atoms with Crippen LogP contribution < -0.4 is 9.47 Å². The molecule has 0 aliphatic heterocycles. The molecule has 0 aromatic heterocycles. The predicted molar refractivity (Wildman–Crippen MR) is 91.4 cm³/mol. The molecule has 0 fully saturated rings. The molecule has 132 valence electrons. The molecule has 2 N–H and O–H groups in total. The Morgan fingerprint density at radius 1 is 0.800 bits per heavy atom. The Hall–Kier alpha value is -3.02. The van der Waals surface area contributed by atoms with Crippen molar-refractivity contribution < 1.29 is 29.3 Å². The van der Waals surface area contributed by atoms with Crippen molar-refractivity contribution in [1.82, 2.24) is 0 Å². The lowest BCUT2D eigenvalue weighted by Crippen LogP contribution is -2.12. The number of hydrogen-bond donors (Lipinski definition) is 2. The highest BCUT2D eigenvalue weighted by atomic mass is 16.5. The van der Waals surface area contributed by atoms with E-state index in [0.29, 0.717) is 17.9 Å². The highest BCUT2D eigenvalue weighted by Gasteiger charge is 2.12. The summed E-state index contributed by atoms with van der Waals surface area (Å²) in [4.78, 5) is 21.5. The van der Waals surface area contributed by atoms with E-state index in [2.05, 4.69) is 0 Å². The summed E-state index contributed by atoms with van der Waals surface area (Å²) in [5.74, 6) is -1.13. The average molecular weight is 344 g/mol. The van der Waals surface area contributed by atoms with Gasteiger partial charge in [0.1, 0.15) is 11.5 Å². The van der Waals surface area contributed by atoms with Gasteiger partial charge in [-0.25, -0.2) is 9.59 Å². The highest BCUT2D eigenvalue weighted by Crippen LogP contribution is 2.28. The summed E-state index contributed by atoms with van der Waals surface area (Å²) in [6.07, 6.45) is 0.438. The van der Waals surface area contributed by atoms with E-state index in [-0.39, 0.29) is 0 Å². The minimum atomic E-state index is -1.05. The van der Waals surface area contributed by atoms with Gasteiger partial charge in [0, 0.05) is 6.42 Å². The van der Waals surface area contributed by atoms with Gasteiger partial charge in [0.2, 0.25) is 0 Å². The van der Waals surface area contributed by atoms with Crippen LogP contribution in [0.25, 0.3) is 0 Å². The van der Waals surface area contributed by atoms with Crippen LogP contribution in [0.15, 0.2) is 36.4 Å². The minimum Gasteiger partial charge on any atom is -0.482 e. The van der Waals surface area contributed by atoms with E-state index >= 15 is 0 Å². The first-order valence-electron chi connectivity index (χ1n) is 7.73. The lowest BCUT2D eigenvalue weighted by Gasteiger charge is -2.14. The third-order valence-corrected chi connectivity index (χ3v) is 3.52.